The summed E-state index contributed by atoms with van der Waals surface area (Å²) in [4.78, 5) is 21.9. The zero-order valence-corrected chi connectivity index (χ0v) is 13.2. The predicted octanol–water partition coefficient (Wildman–Crippen LogP) is 3.47. The molecule has 0 unspecified atom stereocenters. The molecule has 5 nitrogen and oxygen atoms in total. The second-order valence-electron chi connectivity index (χ2n) is 5.33. The fraction of sp³-hybridized carbons (Fsp3) is 0.118. The molecular formula is C17H13N3O2S. The molecule has 0 amide bonds. The Labute approximate surface area is 135 Å². The molecule has 0 bridgehead atoms. The molecule has 1 aromatic carbocycles. The summed E-state index contributed by atoms with van der Waals surface area (Å²) in [5.74, 6) is 0.553. The van der Waals surface area contributed by atoms with Crippen LogP contribution in [0.15, 0.2) is 57.5 Å². The van der Waals surface area contributed by atoms with E-state index in [1.807, 2.05) is 36.6 Å². The summed E-state index contributed by atoms with van der Waals surface area (Å²) in [6.07, 6.45) is 3.14. The summed E-state index contributed by atoms with van der Waals surface area (Å²) in [6, 6.07) is 9.76. The second kappa shape index (κ2) is 5.48. The van der Waals surface area contributed by atoms with Crippen LogP contribution < -0.4 is 5.56 Å². The first-order chi connectivity index (χ1) is 11.2. The van der Waals surface area contributed by atoms with E-state index in [2.05, 4.69) is 9.97 Å². The van der Waals surface area contributed by atoms with Crippen molar-refractivity contribution in [2.75, 3.05) is 0 Å². The molecule has 0 fully saturated rings. The first kappa shape index (κ1) is 13.9. The van der Waals surface area contributed by atoms with Crippen LogP contribution in [0, 0.1) is 6.92 Å². The molecule has 3 aromatic heterocycles. The van der Waals surface area contributed by atoms with Crippen LogP contribution in [0.1, 0.15) is 11.3 Å². The van der Waals surface area contributed by atoms with Gasteiger partial charge in [0.15, 0.2) is 0 Å². The lowest BCUT2D eigenvalue weighted by atomic mass is 10.1. The number of nitrogens with zero attached hydrogens (tertiary/aromatic N) is 3. The van der Waals surface area contributed by atoms with Gasteiger partial charge in [0.1, 0.15) is 11.1 Å². The van der Waals surface area contributed by atoms with Crippen LogP contribution in [0.25, 0.3) is 21.7 Å². The molecule has 0 aliphatic heterocycles. The van der Waals surface area contributed by atoms with Crippen molar-refractivity contribution < 1.29 is 4.42 Å². The molecule has 6 heteroatoms. The van der Waals surface area contributed by atoms with Gasteiger partial charge in [0.2, 0.25) is 5.89 Å². The zero-order valence-electron chi connectivity index (χ0n) is 12.4. The van der Waals surface area contributed by atoms with Gasteiger partial charge in [-0.05, 0) is 30.5 Å². The van der Waals surface area contributed by atoms with Crippen molar-refractivity contribution in [3.05, 3.63) is 69.9 Å². The summed E-state index contributed by atoms with van der Waals surface area (Å²) in [5.41, 5.74) is 2.73. The van der Waals surface area contributed by atoms with Gasteiger partial charge in [0, 0.05) is 5.56 Å². The molecule has 4 aromatic rings. The summed E-state index contributed by atoms with van der Waals surface area (Å²) in [7, 11) is 0. The number of hydrogen-bond acceptors (Lipinski definition) is 5. The Morgan fingerprint density at radius 2 is 2.04 bits per heavy atom. The molecule has 4 rings (SSSR count). The minimum atomic E-state index is -0.0591. The van der Waals surface area contributed by atoms with E-state index < -0.39 is 0 Å². The Morgan fingerprint density at radius 3 is 2.87 bits per heavy atom. The van der Waals surface area contributed by atoms with Gasteiger partial charge in [0.05, 0.1) is 24.0 Å². The van der Waals surface area contributed by atoms with Gasteiger partial charge < -0.3 is 4.42 Å². The van der Waals surface area contributed by atoms with Crippen LogP contribution in [-0.4, -0.2) is 14.5 Å². The number of thiophene rings is 1. The van der Waals surface area contributed by atoms with E-state index in [9.17, 15) is 4.79 Å². The highest BCUT2D eigenvalue weighted by molar-refractivity contribution is 7.16. The molecule has 0 atom stereocenters. The average Bonchev–Trinajstić information content (AvgIpc) is 3.20. The Kier molecular flexibility index (Phi) is 3.31. The number of oxazole rings is 1. The number of aryl methyl sites for hydroxylation is 1. The number of aromatic nitrogens is 3. The topological polar surface area (TPSA) is 60.9 Å². The molecule has 114 valence electrons. The number of rotatable bonds is 3. The maximum atomic E-state index is 12.4. The first-order valence-electron chi connectivity index (χ1n) is 7.15. The average molecular weight is 323 g/mol. The van der Waals surface area contributed by atoms with Crippen molar-refractivity contribution in [1.82, 2.24) is 14.5 Å². The molecular weight excluding hydrogens is 310 g/mol. The first-order valence-corrected chi connectivity index (χ1v) is 8.03. The molecule has 0 aliphatic rings. The van der Waals surface area contributed by atoms with Crippen LogP contribution in [-0.2, 0) is 6.54 Å². The SMILES string of the molecule is Cc1ccc(-c2nc(Cn3cnc4sccc4c3=O)co2)cc1. The van der Waals surface area contributed by atoms with Crippen LogP contribution in [0.4, 0.5) is 0 Å². The van der Waals surface area contributed by atoms with Crippen molar-refractivity contribution >= 4 is 21.6 Å². The third kappa shape index (κ3) is 2.57. The molecule has 23 heavy (non-hydrogen) atoms. The van der Waals surface area contributed by atoms with Crippen molar-refractivity contribution in [2.45, 2.75) is 13.5 Å². The van der Waals surface area contributed by atoms with Gasteiger partial charge >= 0.3 is 0 Å². The smallest absolute Gasteiger partial charge is 0.262 e. The lowest BCUT2D eigenvalue weighted by Crippen LogP contribution is -2.20. The molecule has 0 saturated carbocycles. The van der Waals surface area contributed by atoms with Crippen molar-refractivity contribution in [1.29, 1.82) is 0 Å². The maximum Gasteiger partial charge on any atom is 0.262 e. The van der Waals surface area contributed by atoms with E-state index in [1.54, 1.807) is 23.2 Å². The fourth-order valence-electron chi connectivity index (χ4n) is 2.39. The van der Waals surface area contributed by atoms with Crippen molar-refractivity contribution in [2.24, 2.45) is 0 Å². The van der Waals surface area contributed by atoms with Gasteiger partial charge in [0.25, 0.3) is 5.56 Å². The second-order valence-corrected chi connectivity index (χ2v) is 6.22. The van der Waals surface area contributed by atoms with Gasteiger partial charge in [-0.15, -0.1) is 11.3 Å². The van der Waals surface area contributed by atoms with E-state index in [4.69, 9.17) is 4.42 Å². The van der Waals surface area contributed by atoms with Gasteiger partial charge in [-0.25, -0.2) is 9.97 Å². The van der Waals surface area contributed by atoms with E-state index in [0.717, 1.165) is 10.4 Å². The van der Waals surface area contributed by atoms with Gasteiger partial charge in [-0.1, -0.05) is 17.7 Å². The van der Waals surface area contributed by atoms with E-state index >= 15 is 0 Å². The highest BCUT2D eigenvalue weighted by atomic mass is 32.1. The standard InChI is InChI=1S/C17H13N3O2S/c1-11-2-4-12(5-3-11)15-19-13(9-22-15)8-20-10-18-16-14(17(20)21)6-7-23-16/h2-7,9-10H,8H2,1H3. The minimum absolute atomic E-state index is 0.0591. The summed E-state index contributed by atoms with van der Waals surface area (Å²) >= 11 is 1.46. The fourth-order valence-corrected chi connectivity index (χ4v) is 3.11. The monoisotopic (exact) mass is 323 g/mol. The highest BCUT2D eigenvalue weighted by Crippen LogP contribution is 2.19. The lowest BCUT2D eigenvalue weighted by molar-refractivity contribution is 0.571. The summed E-state index contributed by atoms with van der Waals surface area (Å²) in [6.45, 7) is 2.37. The Bertz CT molecular complexity index is 1030. The van der Waals surface area contributed by atoms with E-state index in [0.29, 0.717) is 23.5 Å². The van der Waals surface area contributed by atoms with Crippen LogP contribution >= 0.6 is 11.3 Å². The highest BCUT2D eigenvalue weighted by Gasteiger charge is 2.10. The summed E-state index contributed by atoms with van der Waals surface area (Å²) in [5, 5.41) is 2.51. The van der Waals surface area contributed by atoms with E-state index in [1.165, 1.54) is 16.9 Å². The molecule has 0 radical (unpaired) electrons. The molecule has 0 aliphatic carbocycles. The van der Waals surface area contributed by atoms with Crippen LogP contribution in [0.5, 0.6) is 0 Å². The quantitative estimate of drug-likeness (QED) is 0.579. The van der Waals surface area contributed by atoms with Gasteiger partial charge in [-0.2, -0.15) is 0 Å². The van der Waals surface area contributed by atoms with Crippen LogP contribution in [0.2, 0.25) is 0 Å². The maximum absolute atomic E-state index is 12.4. The van der Waals surface area contributed by atoms with Crippen molar-refractivity contribution in [3.8, 4) is 11.5 Å². The van der Waals surface area contributed by atoms with Gasteiger partial charge in [-0.3, -0.25) is 9.36 Å². The Hall–Kier alpha value is -2.73. The van der Waals surface area contributed by atoms with Crippen molar-refractivity contribution in [3.63, 3.8) is 0 Å². The third-order valence-electron chi connectivity index (χ3n) is 3.63. The summed E-state index contributed by atoms with van der Waals surface area (Å²) < 4.78 is 7.08. The predicted molar refractivity (Wildman–Crippen MR) is 89.7 cm³/mol. The Balaban J connectivity index is 1.65. The number of fused-ring (bicyclic) bond motifs is 1. The molecule has 0 saturated heterocycles. The molecule has 0 N–H and O–H groups in total. The molecule has 0 spiro atoms. The lowest BCUT2D eigenvalue weighted by Gasteiger charge is -2.01. The largest absolute Gasteiger partial charge is 0.444 e. The normalized spacial score (nSPS) is 11.2. The molecule has 3 heterocycles. The third-order valence-corrected chi connectivity index (χ3v) is 4.45. The number of benzene rings is 1. The number of hydrogen-bond donors (Lipinski definition) is 0. The van der Waals surface area contributed by atoms with E-state index in [-0.39, 0.29) is 5.56 Å². The Morgan fingerprint density at radius 1 is 1.22 bits per heavy atom. The zero-order chi connectivity index (χ0) is 15.8. The van der Waals surface area contributed by atoms with Crippen LogP contribution in [0.3, 0.4) is 0 Å². The minimum Gasteiger partial charge on any atom is -0.444 e.